The molecular formula is C19H29N3O2. The number of carbonyl (C=O) groups excluding carboxylic acids is 2. The number of hydrogen-bond donors (Lipinski definition) is 3. The lowest BCUT2D eigenvalue weighted by Gasteiger charge is -2.41. The summed E-state index contributed by atoms with van der Waals surface area (Å²) in [4.78, 5) is 25.2. The van der Waals surface area contributed by atoms with Crippen LogP contribution >= 0.6 is 0 Å². The molecule has 5 heteroatoms. The van der Waals surface area contributed by atoms with Gasteiger partial charge in [-0.2, -0.15) is 0 Å². The van der Waals surface area contributed by atoms with Crippen LogP contribution in [-0.2, 0) is 4.79 Å². The summed E-state index contributed by atoms with van der Waals surface area (Å²) in [5.74, 6) is 0.164. The maximum atomic E-state index is 12.9. The van der Waals surface area contributed by atoms with Crippen molar-refractivity contribution in [3.63, 3.8) is 0 Å². The Morgan fingerprint density at radius 1 is 1.17 bits per heavy atom. The molecule has 0 radical (unpaired) electrons. The highest BCUT2D eigenvalue weighted by molar-refractivity contribution is 5.94. The molecule has 2 amide bonds. The van der Waals surface area contributed by atoms with Crippen molar-refractivity contribution >= 4 is 11.8 Å². The van der Waals surface area contributed by atoms with E-state index in [-0.39, 0.29) is 17.4 Å². The van der Waals surface area contributed by atoms with Crippen LogP contribution in [0.1, 0.15) is 63.7 Å². The Hall–Kier alpha value is -1.88. The van der Waals surface area contributed by atoms with Gasteiger partial charge in [0, 0.05) is 11.1 Å². The smallest absolute Gasteiger partial charge is 0.265 e. The molecule has 132 valence electrons. The van der Waals surface area contributed by atoms with E-state index in [0.29, 0.717) is 24.3 Å². The first-order chi connectivity index (χ1) is 11.2. The van der Waals surface area contributed by atoms with E-state index in [0.717, 1.165) is 12.8 Å². The van der Waals surface area contributed by atoms with Crippen molar-refractivity contribution < 1.29 is 9.59 Å². The molecule has 0 spiro atoms. The summed E-state index contributed by atoms with van der Waals surface area (Å²) in [7, 11) is 0. The number of rotatable bonds is 4. The summed E-state index contributed by atoms with van der Waals surface area (Å²) in [5.41, 5.74) is 5.33. The van der Waals surface area contributed by atoms with Gasteiger partial charge in [0.05, 0.1) is 0 Å². The monoisotopic (exact) mass is 331 g/mol. The Morgan fingerprint density at radius 2 is 1.83 bits per heavy atom. The molecule has 0 saturated heterocycles. The summed E-state index contributed by atoms with van der Waals surface area (Å²) >= 11 is 0. The van der Waals surface area contributed by atoms with E-state index in [1.807, 2.05) is 39.0 Å². The fourth-order valence-corrected chi connectivity index (χ4v) is 3.23. The second kappa shape index (κ2) is 7.34. The van der Waals surface area contributed by atoms with Gasteiger partial charge in [0.1, 0.15) is 5.54 Å². The number of hydrazine groups is 1. The zero-order chi connectivity index (χ0) is 17.8. The first-order valence-electron chi connectivity index (χ1n) is 8.67. The summed E-state index contributed by atoms with van der Waals surface area (Å²) in [5, 5.41) is 3.06. The first-order valence-corrected chi connectivity index (χ1v) is 8.67. The Balaban J connectivity index is 2.11. The van der Waals surface area contributed by atoms with Crippen LogP contribution in [-0.4, -0.2) is 22.9 Å². The van der Waals surface area contributed by atoms with Gasteiger partial charge >= 0.3 is 0 Å². The van der Waals surface area contributed by atoms with Crippen LogP contribution in [0.4, 0.5) is 0 Å². The van der Waals surface area contributed by atoms with Crippen molar-refractivity contribution in [3.05, 3.63) is 35.9 Å². The molecule has 2 atom stereocenters. The predicted octanol–water partition coefficient (Wildman–Crippen LogP) is 2.78. The molecule has 3 N–H and O–H groups in total. The molecule has 1 aliphatic rings. The second-order valence-electron chi connectivity index (χ2n) is 7.93. The highest BCUT2D eigenvalue weighted by Crippen LogP contribution is 2.32. The van der Waals surface area contributed by atoms with E-state index in [2.05, 4.69) is 23.1 Å². The summed E-state index contributed by atoms with van der Waals surface area (Å²) in [6.07, 6.45) is 3.50. The van der Waals surface area contributed by atoms with Crippen molar-refractivity contribution in [1.29, 1.82) is 0 Å². The van der Waals surface area contributed by atoms with Crippen LogP contribution in [0.25, 0.3) is 0 Å². The van der Waals surface area contributed by atoms with E-state index >= 15 is 0 Å². The van der Waals surface area contributed by atoms with Gasteiger partial charge in [0.25, 0.3) is 5.91 Å². The van der Waals surface area contributed by atoms with Crippen LogP contribution in [0.3, 0.4) is 0 Å². The predicted molar refractivity (Wildman–Crippen MR) is 95.3 cm³/mol. The lowest BCUT2D eigenvalue weighted by Crippen LogP contribution is -2.65. The molecule has 1 saturated carbocycles. The van der Waals surface area contributed by atoms with Gasteiger partial charge in [-0.05, 0) is 51.7 Å². The minimum Gasteiger partial charge on any atom is -0.350 e. The second-order valence-corrected chi connectivity index (χ2v) is 7.93. The summed E-state index contributed by atoms with van der Waals surface area (Å²) in [6.45, 7) is 8.05. The third kappa shape index (κ3) is 4.81. The van der Waals surface area contributed by atoms with Crippen molar-refractivity contribution in [2.45, 2.75) is 64.5 Å². The Kier molecular flexibility index (Phi) is 5.65. The van der Waals surface area contributed by atoms with Gasteiger partial charge in [0.15, 0.2) is 0 Å². The molecule has 0 unspecified atom stereocenters. The van der Waals surface area contributed by atoms with Gasteiger partial charge in [-0.3, -0.25) is 15.0 Å². The SMILES string of the molecule is C[C@H]1CCC[C@@](NNC(=O)c2ccccc2)(C(=O)NC(C)(C)C)C1. The highest BCUT2D eigenvalue weighted by Gasteiger charge is 2.43. The molecule has 2 rings (SSSR count). The number of hydrogen-bond acceptors (Lipinski definition) is 3. The standard InChI is InChI=1S/C19H29N3O2/c1-14-9-8-12-19(13-14,17(24)20-18(2,3)4)22-21-16(23)15-10-6-5-7-11-15/h5-7,10-11,14,22H,8-9,12-13H2,1-4H3,(H,20,24)(H,21,23)/t14-,19-/m0/s1. The fraction of sp³-hybridized carbons (Fsp3) is 0.579. The van der Waals surface area contributed by atoms with Crippen LogP contribution in [0.15, 0.2) is 30.3 Å². The van der Waals surface area contributed by atoms with E-state index in [1.54, 1.807) is 12.1 Å². The molecule has 0 aromatic heterocycles. The molecule has 0 bridgehead atoms. The van der Waals surface area contributed by atoms with Crippen LogP contribution < -0.4 is 16.2 Å². The van der Waals surface area contributed by atoms with E-state index in [9.17, 15) is 9.59 Å². The van der Waals surface area contributed by atoms with Crippen molar-refractivity contribution in [3.8, 4) is 0 Å². The zero-order valence-electron chi connectivity index (χ0n) is 15.1. The topological polar surface area (TPSA) is 70.2 Å². The molecular weight excluding hydrogens is 302 g/mol. The van der Waals surface area contributed by atoms with Crippen LogP contribution in [0.2, 0.25) is 0 Å². The average molecular weight is 331 g/mol. The quantitative estimate of drug-likeness (QED) is 0.743. The number of carbonyl (C=O) groups is 2. The average Bonchev–Trinajstić information content (AvgIpc) is 2.52. The third-order valence-electron chi connectivity index (χ3n) is 4.37. The highest BCUT2D eigenvalue weighted by atomic mass is 16.2. The van der Waals surface area contributed by atoms with E-state index < -0.39 is 5.54 Å². The molecule has 1 aromatic carbocycles. The van der Waals surface area contributed by atoms with Gasteiger partial charge in [-0.1, -0.05) is 38.0 Å². The normalized spacial score (nSPS) is 24.2. The van der Waals surface area contributed by atoms with Crippen molar-refractivity contribution in [1.82, 2.24) is 16.2 Å². The zero-order valence-corrected chi connectivity index (χ0v) is 15.1. The van der Waals surface area contributed by atoms with Crippen LogP contribution in [0.5, 0.6) is 0 Å². The maximum Gasteiger partial charge on any atom is 0.265 e. The third-order valence-corrected chi connectivity index (χ3v) is 4.37. The number of amides is 2. The van der Waals surface area contributed by atoms with Crippen LogP contribution in [0, 0.1) is 5.92 Å². The Morgan fingerprint density at radius 3 is 2.42 bits per heavy atom. The van der Waals surface area contributed by atoms with E-state index in [4.69, 9.17) is 0 Å². The van der Waals surface area contributed by atoms with Gasteiger partial charge in [0.2, 0.25) is 5.91 Å². The fourth-order valence-electron chi connectivity index (χ4n) is 3.23. The van der Waals surface area contributed by atoms with Gasteiger partial charge < -0.3 is 5.32 Å². The molecule has 24 heavy (non-hydrogen) atoms. The maximum absolute atomic E-state index is 12.9. The number of nitrogens with one attached hydrogen (secondary N) is 3. The molecule has 1 aromatic rings. The molecule has 1 aliphatic carbocycles. The largest absolute Gasteiger partial charge is 0.350 e. The molecule has 1 fully saturated rings. The Labute approximate surface area is 144 Å². The van der Waals surface area contributed by atoms with E-state index in [1.165, 1.54) is 0 Å². The molecule has 0 heterocycles. The minimum absolute atomic E-state index is 0.0464. The summed E-state index contributed by atoms with van der Waals surface area (Å²) in [6, 6.07) is 9.01. The number of benzene rings is 1. The Bertz CT molecular complexity index is 580. The molecule has 5 nitrogen and oxygen atoms in total. The lowest BCUT2D eigenvalue weighted by atomic mass is 9.76. The van der Waals surface area contributed by atoms with Gasteiger partial charge in [-0.25, -0.2) is 5.43 Å². The first kappa shape index (κ1) is 18.5. The molecule has 0 aliphatic heterocycles. The lowest BCUT2D eigenvalue weighted by molar-refractivity contribution is -0.131. The minimum atomic E-state index is -0.755. The van der Waals surface area contributed by atoms with Crippen molar-refractivity contribution in [2.75, 3.05) is 0 Å². The van der Waals surface area contributed by atoms with Crippen molar-refractivity contribution in [2.24, 2.45) is 5.92 Å². The summed E-state index contributed by atoms with van der Waals surface area (Å²) < 4.78 is 0. The van der Waals surface area contributed by atoms with Gasteiger partial charge in [-0.15, -0.1) is 0 Å².